The molecule has 7 heteroatoms. The van der Waals surface area contributed by atoms with Gasteiger partial charge < -0.3 is 9.73 Å². The fourth-order valence-corrected chi connectivity index (χ4v) is 3.73. The molecule has 0 spiro atoms. The van der Waals surface area contributed by atoms with Crippen LogP contribution in [0.2, 0.25) is 0 Å². The van der Waals surface area contributed by atoms with Crippen LogP contribution >= 0.6 is 0 Å². The van der Waals surface area contributed by atoms with Crippen molar-refractivity contribution in [3.8, 4) is 0 Å². The Hall–Kier alpha value is -3.74. The number of aromatic nitrogens is 1. The molecule has 1 aliphatic rings. The van der Waals surface area contributed by atoms with Gasteiger partial charge in [-0.2, -0.15) is 5.10 Å². The van der Waals surface area contributed by atoms with E-state index in [0.717, 1.165) is 46.7 Å². The number of nitrogens with zero attached hydrogens (tertiary/aromatic N) is 2. The number of hydrogen-bond donors (Lipinski definition) is 2. The molecule has 2 amide bonds. The Morgan fingerprint density at radius 3 is 2.65 bits per heavy atom. The third-order valence-corrected chi connectivity index (χ3v) is 5.18. The van der Waals surface area contributed by atoms with Crippen molar-refractivity contribution in [1.82, 2.24) is 10.4 Å². The number of rotatable bonds is 5. The minimum atomic E-state index is -0.350. The summed E-state index contributed by atoms with van der Waals surface area (Å²) in [6.45, 7) is 3.70. The van der Waals surface area contributed by atoms with Crippen molar-refractivity contribution in [2.24, 2.45) is 5.10 Å². The Bertz CT molecular complexity index is 1150. The Labute approximate surface area is 180 Å². The maximum atomic E-state index is 12.8. The average Bonchev–Trinajstić information content (AvgIpc) is 3.10. The number of hydrazone groups is 1. The van der Waals surface area contributed by atoms with Crippen LogP contribution in [0.3, 0.4) is 0 Å². The van der Waals surface area contributed by atoms with Crippen molar-refractivity contribution in [3.05, 3.63) is 82.4 Å². The summed E-state index contributed by atoms with van der Waals surface area (Å²) in [7, 11) is 0. The first-order valence-corrected chi connectivity index (χ1v) is 10.3. The zero-order valence-electron chi connectivity index (χ0n) is 17.6. The van der Waals surface area contributed by atoms with Gasteiger partial charge in [-0.1, -0.05) is 36.4 Å². The summed E-state index contributed by atoms with van der Waals surface area (Å²) in [6, 6.07) is 14.9. The normalized spacial score (nSPS) is 14.2. The molecule has 0 unspecified atom stereocenters. The molecule has 2 heterocycles. The van der Waals surface area contributed by atoms with E-state index in [-0.39, 0.29) is 24.0 Å². The Kier molecular flexibility index (Phi) is 5.93. The van der Waals surface area contributed by atoms with Crippen LogP contribution in [0.1, 0.15) is 51.5 Å². The molecule has 1 aromatic carbocycles. The molecular formula is C24H24N4O3. The highest BCUT2D eigenvalue weighted by Crippen LogP contribution is 2.30. The first kappa shape index (κ1) is 20.5. The fourth-order valence-electron chi connectivity index (χ4n) is 3.73. The van der Waals surface area contributed by atoms with Gasteiger partial charge in [-0.15, -0.1) is 0 Å². The first-order valence-electron chi connectivity index (χ1n) is 10.3. The van der Waals surface area contributed by atoms with E-state index in [1.807, 2.05) is 56.3 Å². The number of nitrogens with one attached hydrogen (secondary N) is 2. The lowest BCUT2D eigenvalue weighted by Gasteiger charge is -2.13. The SMILES string of the molecule is Cc1cccc(NC(=O)c2oc3c(c2C)/C(=N/NC(=O)Cc2ccccc2)CCC3)n1. The smallest absolute Gasteiger partial charge is 0.292 e. The van der Waals surface area contributed by atoms with Crippen LogP contribution in [-0.4, -0.2) is 22.5 Å². The lowest BCUT2D eigenvalue weighted by atomic mass is 9.93. The number of aryl methyl sites for hydroxylation is 2. The lowest BCUT2D eigenvalue weighted by molar-refractivity contribution is -0.120. The van der Waals surface area contributed by atoms with Crippen LogP contribution in [0, 0.1) is 13.8 Å². The maximum Gasteiger partial charge on any atom is 0.292 e. The van der Waals surface area contributed by atoms with Crippen molar-refractivity contribution in [3.63, 3.8) is 0 Å². The van der Waals surface area contributed by atoms with Crippen molar-refractivity contribution in [1.29, 1.82) is 0 Å². The standard InChI is InChI=1S/C24H24N4O3/c1-15-8-6-13-20(25-15)26-24(30)23-16(2)22-18(11-7-12-19(22)31-23)27-28-21(29)14-17-9-4-3-5-10-17/h3-6,8-10,13H,7,11-12,14H2,1-2H3,(H,28,29)(H,25,26,30)/b27-18+. The second-order valence-electron chi connectivity index (χ2n) is 7.58. The van der Waals surface area contributed by atoms with Gasteiger partial charge >= 0.3 is 0 Å². The van der Waals surface area contributed by atoms with E-state index in [9.17, 15) is 9.59 Å². The van der Waals surface area contributed by atoms with E-state index in [0.29, 0.717) is 12.2 Å². The Morgan fingerprint density at radius 1 is 1.06 bits per heavy atom. The van der Waals surface area contributed by atoms with Gasteiger partial charge in [0.15, 0.2) is 5.76 Å². The van der Waals surface area contributed by atoms with Gasteiger partial charge in [0.05, 0.1) is 12.1 Å². The van der Waals surface area contributed by atoms with Crippen LogP contribution < -0.4 is 10.7 Å². The van der Waals surface area contributed by atoms with E-state index in [1.54, 1.807) is 6.07 Å². The van der Waals surface area contributed by atoms with Crippen LogP contribution in [0.15, 0.2) is 58.0 Å². The molecule has 0 saturated carbocycles. The molecule has 0 aliphatic heterocycles. The number of hydrogen-bond acceptors (Lipinski definition) is 5. The molecule has 2 N–H and O–H groups in total. The van der Waals surface area contributed by atoms with E-state index < -0.39 is 0 Å². The minimum Gasteiger partial charge on any atom is -0.455 e. The second-order valence-corrected chi connectivity index (χ2v) is 7.58. The van der Waals surface area contributed by atoms with Gasteiger partial charge in [-0.05, 0) is 44.4 Å². The number of benzene rings is 1. The number of fused-ring (bicyclic) bond motifs is 1. The summed E-state index contributed by atoms with van der Waals surface area (Å²) >= 11 is 0. The summed E-state index contributed by atoms with van der Waals surface area (Å²) in [5.41, 5.74) is 6.65. The van der Waals surface area contributed by atoms with E-state index in [4.69, 9.17) is 4.42 Å². The highest BCUT2D eigenvalue weighted by atomic mass is 16.4. The number of pyridine rings is 1. The molecule has 0 saturated heterocycles. The average molecular weight is 416 g/mol. The van der Waals surface area contributed by atoms with E-state index in [2.05, 4.69) is 20.8 Å². The molecule has 0 atom stereocenters. The summed E-state index contributed by atoms with van der Waals surface area (Å²) in [6.07, 6.45) is 2.53. The van der Waals surface area contributed by atoms with Crippen LogP contribution in [0.4, 0.5) is 5.82 Å². The summed E-state index contributed by atoms with van der Waals surface area (Å²) in [5.74, 6) is 0.912. The monoisotopic (exact) mass is 416 g/mol. The van der Waals surface area contributed by atoms with Crippen molar-refractivity contribution in [2.45, 2.75) is 39.5 Å². The predicted octanol–water partition coefficient (Wildman–Crippen LogP) is 3.94. The molecule has 2 aromatic heterocycles. The van der Waals surface area contributed by atoms with Gasteiger partial charge in [0, 0.05) is 23.2 Å². The molecule has 158 valence electrons. The minimum absolute atomic E-state index is 0.185. The van der Waals surface area contributed by atoms with Crippen molar-refractivity contribution >= 4 is 23.3 Å². The zero-order valence-corrected chi connectivity index (χ0v) is 17.6. The Morgan fingerprint density at radius 2 is 1.87 bits per heavy atom. The fraction of sp³-hybridized carbons (Fsp3) is 0.250. The molecular weight excluding hydrogens is 392 g/mol. The van der Waals surface area contributed by atoms with Gasteiger partial charge in [0.25, 0.3) is 5.91 Å². The largest absolute Gasteiger partial charge is 0.455 e. The number of furan rings is 1. The van der Waals surface area contributed by atoms with Gasteiger partial charge in [-0.25, -0.2) is 10.4 Å². The van der Waals surface area contributed by atoms with Gasteiger partial charge in [-0.3, -0.25) is 9.59 Å². The molecule has 0 radical (unpaired) electrons. The second kappa shape index (κ2) is 8.95. The third-order valence-electron chi connectivity index (χ3n) is 5.18. The molecule has 0 bridgehead atoms. The number of anilines is 1. The highest BCUT2D eigenvalue weighted by molar-refractivity contribution is 6.09. The summed E-state index contributed by atoms with van der Waals surface area (Å²) in [4.78, 5) is 29.4. The molecule has 0 fully saturated rings. The zero-order chi connectivity index (χ0) is 21.8. The van der Waals surface area contributed by atoms with Gasteiger partial charge in [0.2, 0.25) is 5.91 Å². The summed E-state index contributed by atoms with van der Waals surface area (Å²) < 4.78 is 5.90. The molecule has 4 rings (SSSR count). The van der Waals surface area contributed by atoms with Crippen LogP contribution in [-0.2, 0) is 17.6 Å². The van der Waals surface area contributed by atoms with E-state index >= 15 is 0 Å². The molecule has 1 aliphatic carbocycles. The topological polar surface area (TPSA) is 96.6 Å². The quantitative estimate of drug-likeness (QED) is 0.616. The van der Waals surface area contributed by atoms with Crippen LogP contribution in [0.25, 0.3) is 0 Å². The predicted molar refractivity (Wildman–Crippen MR) is 118 cm³/mol. The molecule has 3 aromatic rings. The lowest BCUT2D eigenvalue weighted by Crippen LogP contribution is -2.23. The Balaban J connectivity index is 1.51. The van der Waals surface area contributed by atoms with Crippen LogP contribution in [0.5, 0.6) is 0 Å². The number of carbonyl (C=O) groups is 2. The summed E-state index contributed by atoms with van der Waals surface area (Å²) in [5, 5.41) is 7.15. The van der Waals surface area contributed by atoms with Gasteiger partial charge in [0.1, 0.15) is 11.6 Å². The van der Waals surface area contributed by atoms with E-state index in [1.165, 1.54) is 0 Å². The number of carbonyl (C=O) groups excluding carboxylic acids is 2. The maximum absolute atomic E-state index is 12.8. The molecule has 7 nitrogen and oxygen atoms in total. The first-order chi connectivity index (χ1) is 15.0. The molecule has 31 heavy (non-hydrogen) atoms. The third kappa shape index (κ3) is 4.71. The number of amides is 2. The highest BCUT2D eigenvalue weighted by Gasteiger charge is 2.28. The van der Waals surface area contributed by atoms with Crippen molar-refractivity contribution < 1.29 is 14.0 Å². The van der Waals surface area contributed by atoms with Crippen molar-refractivity contribution in [2.75, 3.05) is 5.32 Å².